The summed E-state index contributed by atoms with van der Waals surface area (Å²) in [5, 5.41) is 12.2. The van der Waals surface area contributed by atoms with Crippen LogP contribution in [0, 0.1) is 18.3 Å². The molecule has 1 atom stereocenters. The number of aryl methyl sites for hydroxylation is 1. The molecule has 26 heavy (non-hydrogen) atoms. The number of nitrogens with one attached hydrogen (secondary N) is 1. The van der Waals surface area contributed by atoms with Crippen LogP contribution in [-0.2, 0) is 4.79 Å². The smallest absolute Gasteiger partial charge is 0.242 e. The molecule has 3 rings (SSSR count). The highest BCUT2D eigenvalue weighted by Crippen LogP contribution is 2.35. The highest BCUT2D eigenvalue weighted by atomic mass is 32.2. The van der Waals surface area contributed by atoms with Gasteiger partial charge in [-0.25, -0.2) is 4.98 Å². The fourth-order valence-electron chi connectivity index (χ4n) is 2.41. The summed E-state index contributed by atoms with van der Waals surface area (Å²) in [5.74, 6) is -0.130. The first-order valence-electron chi connectivity index (χ1n) is 8.11. The molecule has 1 N–H and O–H groups in total. The van der Waals surface area contributed by atoms with Gasteiger partial charge in [-0.1, -0.05) is 59.8 Å². The average molecular weight is 359 g/mol. The van der Waals surface area contributed by atoms with Gasteiger partial charge in [-0.2, -0.15) is 5.26 Å². The Morgan fingerprint density at radius 1 is 1.12 bits per heavy atom. The molecule has 0 saturated carbocycles. The second-order valence-electron chi connectivity index (χ2n) is 5.76. The van der Waals surface area contributed by atoms with Crippen molar-refractivity contribution >= 4 is 23.4 Å². The molecule has 2 aromatic carbocycles. The van der Waals surface area contributed by atoms with Crippen molar-refractivity contribution in [3.63, 3.8) is 0 Å². The summed E-state index contributed by atoms with van der Waals surface area (Å²) >= 11 is 1.33. The van der Waals surface area contributed by atoms with Gasteiger partial charge in [0.2, 0.25) is 5.91 Å². The Balaban J connectivity index is 1.86. The summed E-state index contributed by atoms with van der Waals surface area (Å²) in [6.45, 7) is 2.00. The van der Waals surface area contributed by atoms with Gasteiger partial charge in [-0.15, -0.1) is 0 Å². The van der Waals surface area contributed by atoms with Crippen LogP contribution in [0.1, 0.15) is 21.9 Å². The lowest BCUT2D eigenvalue weighted by Crippen LogP contribution is -2.19. The van der Waals surface area contributed by atoms with Crippen LogP contribution >= 0.6 is 11.8 Å². The molecule has 128 valence electrons. The zero-order valence-corrected chi connectivity index (χ0v) is 15.0. The molecule has 0 radical (unpaired) electrons. The fourth-order valence-corrected chi connectivity index (χ4v) is 3.43. The molecule has 4 nitrogen and oxygen atoms in total. The number of hydrogen-bond donors (Lipinski definition) is 1. The van der Waals surface area contributed by atoms with Crippen LogP contribution < -0.4 is 5.32 Å². The molecule has 1 unspecified atom stereocenters. The quantitative estimate of drug-likeness (QED) is 0.669. The summed E-state index contributed by atoms with van der Waals surface area (Å²) < 4.78 is 0. The van der Waals surface area contributed by atoms with Crippen molar-refractivity contribution in [1.29, 1.82) is 5.26 Å². The van der Waals surface area contributed by atoms with Crippen LogP contribution in [0.4, 0.5) is 5.69 Å². The third kappa shape index (κ3) is 4.50. The third-order valence-electron chi connectivity index (χ3n) is 3.76. The standard InChI is InChI=1S/C21H17N3OS/c1-15-7-9-18(10-8-15)24-21(25)20(17-5-3-2-4-6-17)26-19-13-16(14-22)11-12-23-19/h2-13,20H,1H3,(H,24,25). The van der Waals surface area contributed by atoms with Crippen molar-refractivity contribution in [2.45, 2.75) is 17.2 Å². The first kappa shape index (κ1) is 17.7. The number of nitriles is 1. The topological polar surface area (TPSA) is 65.8 Å². The number of carbonyl (C=O) groups excluding carboxylic acids is 1. The Kier molecular flexibility index (Phi) is 5.67. The van der Waals surface area contributed by atoms with Crippen molar-refractivity contribution in [1.82, 2.24) is 4.98 Å². The Bertz CT molecular complexity index is 933. The number of amides is 1. The van der Waals surface area contributed by atoms with E-state index in [4.69, 9.17) is 5.26 Å². The van der Waals surface area contributed by atoms with Crippen molar-refractivity contribution in [2.75, 3.05) is 5.32 Å². The van der Waals surface area contributed by atoms with E-state index in [-0.39, 0.29) is 5.91 Å². The van der Waals surface area contributed by atoms with E-state index in [9.17, 15) is 4.79 Å². The molecule has 0 bridgehead atoms. The number of hydrogen-bond acceptors (Lipinski definition) is 4. The minimum absolute atomic E-state index is 0.130. The minimum Gasteiger partial charge on any atom is -0.325 e. The highest BCUT2D eigenvalue weighted by Gasteiger charge is 2.23. The normalized spacial score (nSPS) is 11.4. The summed E-state index contributed by atoms with van der Waals surface area (Å²) in [6.07, 6.45) is 1.58. The molecule has 0 aliphatic rings. The lowest BCUT2D eigenvalue weighted by molar-refractivity contribution is -0.115. The largest absolute Gasteiger partial charge is 0.325 e. The first-order chi connectivity index (χ1) is 12.7. The molecule has 1 amide bonds. The number of aromatic nitrogens is 1. The molecule has 5 heteroatoms. The summed E-state index contributed by atoms with van der Waals surface area (Å²) in [6, 6.07) is 22.7. The van der Waals surface area contributed by atoms with Crippen LogP contribution in [0.2, 0.25) is 0 Å². The van der Waals surface area contributed by atoms with Crippen LogP contribution in [0.15, 0.2) is 78.0 Å². The lowest BCUT2D eigenvalue weighted by Gasteiger charge is -2.17. The van der Waals surface area contributed by atoms with E-state index in [1.54, 1.807) is 18.3 Å². The molecular weight excluding hydrogens is 342 g/mol. The molecular formula is C21H17N3OS. The zero-order valence-electron chi connectivity index (χ0n) is 14.2. The highest BCUT2D eigenvalue weighted by molar-refractivity contribution is 8.00. The van der Waals surface area contributed by atoms with Crippen LogP contribution in [0.25, 0.3) is 0 Å². The molecule has 0 aliphatic carbocycles. The van der Waals surface area contributed by atoms with E-state index in [0.29, 0.717) is 10.6 Å². The van der Waals surface area contributed by atoms with Gasteiger partial charge in [0, 0.05) is 11.9 Å². The summed E-state index contributed by atoms with van der Waals surface area (Å²) in [5.41, 5.74) is 3.29. The zero-order chi connectivity index (χ0) is 18.4. The predicted molar refractivity (Wildman–Crippen MR) is 104 cm³/mol. The Morgan fingerprint density at radius 2 is 1.85 bits per heavy atom. The van der Waals surface area contributed by atoms with E-state index in [2.05, 4.69) is 16.4 Å². The second-order valence-corrected chi connectivity index (χ2v) is 6.88. The SMILES string of the molecule is Cc1ccc(NC(=O)C(Sc2cc(C#N)ccn2)c2ccccc2)cc1. The van der Waals surface area contributed by atoms with Crippen molar-refractivity contribution in [2.24, 2.45) is 0 Å². The molecule has 1 aromatic heterocycles. The van der Waals surface area contributed by atoms with Gasteiger partial charge in [-0.05, 0) is 36.8 Å². The van der Waals surface area contributed by atoms with Gasteiger partial charge in [0.05, 0.1) is 16.7 Å². The maximum absolute atomic E-state index is 12.9. The van der Waals surface area contributed by atoms with Crippen molar-refractivity contribution in [3.8, 4) is 6.07 Å². The van der Waals surface area contributed by atoms with Gasteiger partial charge in [0.1, 0.15) is 5.25 Å². The molecule has 1 heterocycles. The minimum atomic E-state index is -0.473. The van der Waals surface area contributed by atoms with Gasteiger partial charge in [-0.3, -0.25) is 4.79 Å². The van der Waals surface area contributed by atoms with Crippen molar-refractivity contribution < 1.29 is 4.79 Å². The van der Waals surface area contributed by atoms with Gasteiger partial charge in [0.15, 0.2) is 0 Å². The second kappa shape index (κ2) is 8.32. The maximum atomic E-state index is 12.9. The van der Waals surface area contributed by atoms with E-state index in [1.165, 1.54) is 11.8 Å². The van der Waals surface area contributed by atoms with E-state index in [1.807, 2.05) is 61.5 Å². The Hall–Kier alpha value is -3.10. The molecule has 0 spiro atoms. The van der Waals surface area contributed by atoms with Gasteiger partial charge in [0.25, 0.3) is 0 Å². The molecule has 0 saturated heterocycles. The monoisotopic (exact) mass is 359 g/mol. The number of pyridine rings is 1. The van der Waals surface area contributed by atoms with E-state index < -0.39 is 5.25 Å². The average Bonchev–Trinajstić information content (AvgIpc) is 2.68. The van der Waals surface area contributed by atoms with Gasteiger partial charge < -0.3 is 5.32 Å². The summed E-state index contributed by atoms with van der Waals surface area (Å²) in [7, 11) is 0. The molecule has 0 aliphatic heterocycles. The van der Waals surface area contributed by atoms with Crippen LogP contribution in [0.3, 0.4) is 0 Å². The van der Waals surface area contributed by atoms with E-state index in [0.717, 1.165) is 16.8 Å². The molecule has 3 aromatic rings. The third-order valence-corrected chi connectivity index (χ3v) is 4.95. The number of anilines is 1. The first-order valence-corrected chi connectivity index (χ1v) is 8.99. The number of carbonyl (C=O) groups is 1. The van der Waals surface area contributed by atoms with Gasteiger partial charge >= 0.3 is 0 Å². The number of rotatable bonds is 5. The van der Waals surface area contributed by atoms with E-state index >= 15 is 0 Å². The fraction of sp³-hybridized carbons (Fsp3) is 0.0952. The number of thioether (sulfide) groups is 1. The maximum Gasteiger partial charge on any atom is 0.242 e. The Morgan fingerprint density at radius 3 is 2.54 bits per heavy atom. The van der Waals surface area contributed by atoms with Crippen molar-refractivity contribution in [3.05, 3.63) is 89.6 Å². The van der Waals surface area contributed by atoms with Crippen LogP contribution in [0.5, 0.6) is 0 Å². The van der Waals surface area contributed by atoms with Crippen LogP contribution in [-0.4, -0.2) is 10.9 Å². The lowest BCUT2D eigenvalue weighted by atomic mass is 10.1. The Labute approximate surface area is 156 Å². The predicted octanol–water partition coefficient (Wildman–Crippen LogP) is 4.73. The molecule has 0 fully saturated rings. The number of nitrogens with zero attached hydrogens (tertiary/aromatic N) is 2. The summed E-state index contributed by atoms with van der Waals surface area (Å²) in [4.78, 5) is 17.2. The number of benzene rings is 2.